The molecule has 0 aliphatic rings. The molecule has 2 rings (SSSR count). The minimum absolute atomic E-state index is 0.816. The van der Waals surface area contributed by atoms with E-state index in [9.17, 15) is 0 Å². The van der Waals surface area contributed by atoms with E-state index in [1.807, 2.05) is 19.1 Å². The van der Waals surface area contributed by atoms with Crippen LogP contribution in [0.3, 0.4) is 0 Å². The number of hydrogen-bond acceptors (Lipinski definition) is 1. The molecule has 3 heteroatoms. The smallest absolute Gasteiger partial charge is 0.115 e. The summed E-state index contributed by atoms with van der Waals surface area (Å²) in [5.74, 6) is 0. The minimum atomic E-state index is 0.816. The number of H-pyrrole nitrogens is 1. The Kier molecular flexibility index (Phi) is 1.25. The number of aryl methyl sites for hydroxylation is 1. The zero-order valence-corrected chi connectivity index (χ0v) is 6.26. The fourth-order valence-electron chi connectivity index (χ4n) is 1.15. The van der Waals surface area contributed by atoms with Gasteiger partial charge in [-0.3, -0.25) is 5.10 Å². The first-order chi connectivity index (χ1) is 5.29. The van der Waals surface area contributed by atoms with E-state index >= 15 is 0 Å². The second-order valence-corrected chi connectivity index (χ2v) is 2.63. The average molecular weight is 142 g/mol. The Balaban J connectivity index is 2.93. The number of nitrogens with one attached hydrogen (secondary N) is 1. The zero-order chi connectivity index (χ0) is 7.84. The molecular weight excluding hydrogens is 135 g/mol. The predicted octanol–water partition coefficient (Wildman–Crippen LogP) is 0.665. The molecule has 1 aromatic carbocycles. The molecule has 0 bridgehead atoms. The molecule has 0 saturated heterocycles. The average Bonchev–Trinajstić information content (AvgIpc) is 2.45. The van der Waals surface area contributed by atoms with E-state index in [1.165, 1.54) is 0 Å². The SMILES string of the molecule is [B]c1c(C)ccc2[nH]ncc12. The molecule has 2 nitrogen and oxygen atoms in total. The van der Waals surface area contributed by atoms with Crippen molar-refractivity contribution in [1.29, 1.82) is 0 Å². The third-order valence-corrected chi connectivity index (χ3v) is 1.88. The summed E-state index contributed by atoms with van der Waals surface area (Å²) in [6.45, 7) is 1.99. The molecule has 0 fully saturated rings. The molecule has 52 valence electrons. The number of hydrogen-bond donors (Lipinski definition) is 1. The Morgan fingerprint density at radius 3 is 3.09 bits per heavy atom. The lowest BCUT2D eigenvalue weighted by molar-refractivity contribution is 1.12. The Labute approximate surface area is 66.0 Å². The van der Waals surface area contributed by atoms with Crippen LogP contribution in [-0.4, -0.2) is 18.0 Å². The van der Waals surface area contributed by atoms with Gasteiger partial charge in [0.1, 0.15) is 7.85 Å². The lowest BCUT2D eigenvalue weighted by Crippen LogP contribution is -2.06. The summed E-state index contributed by atoms with van der Waals surface area (Å²) < 4.78 is 0. The van der Waals surface area contributed by atoms with Gasteiger partial charge >= 0.3 is 0 Å². The highest BCUT2D eigenvalue weighted by molar-refractivity contribution is 6.39. The Morgan fingerprint density at radius 1 is 1.45 bits per heavy atom. The van der Waals surface area contributed by atoms with E-state index in [0.29, 0.717) is 0 Å². The molecule has 1 N–H and O–H groups in total. The molecule has 11 heavy (non-hydrogen) atoms. The molecule has 1 heterocycles. The van der Waals surface area contributed by atoms with Gasteiger partial charge < -0.3 is 0 Å². The summed E-state index contributed by atoms with van der Waals surface area (Å²) in [5.41, 5.74) is 2.91. The molecule has 2 radical (unpaired) electrons. The van der Waals surface area contributed by atoms with Crippen molar-refractivity contribution in [3.05, 3.63) is 23.9 Å². The Bertz CT molecular complexity index is 392. The van der Waals surface area contributed by atoms with Crippen molar-refractivity contribution in [3.63, 3.8) is 0 Å². The lowest BCUT2D eigenvalue weighted by atomic mass is 9.88. The summed E-state index contributed by atoms with van der Waals surface area (Å²) in [7, 11) is 5.80. The Hall–Kier alpha value is -1.25. The molecule has 2 aromatic rings. The van der Waals surface area contributed by atoms with Gasteiger partial charge in [0.05, 0.1) is 11.7 Å². The van der Waals surface area contributed by atoms with Crippen molar-refractivity contribution in [1.82, 2.24) is 10.2 Å². The van der Waals surface area contributed by atoms with Gasteiger partial charge in [-0.2, -0.15) is 5.10 Å². The van der Waals surface area contributed by atoms with Crippen LogP contribution in [-0.2, 0) is 0 Å². The molecule has 0 aliphatic heterocycles. The maximum Gasteiger partial charge on any atom is 0.115 e. The number of fused-ring (bicyclic) bond motifs is 1. The van der Waals surface area contributed by atoms with Crippen LogP contribution < -0.4 is 5.46 Å². The number of aromatic nitrogens is 2. The highest BCUT2D eigenvalue weighted by Gasteiger charge is 1.99. The van der Waals surface area contributed by atoms with Crippen LogP contribution in [0.4, 0.5) is 0 Å². The summed E-state index contributed by atoms with van der Waals surface area (Å²) in [6, 6.07) is 3.96. The van der Waals surface area contributed by atoms with Gasteiger partial charge in [0.2, 0.25) is 0 Å². The minimum Gasteiger partial charge on any atom is -0.278 e. The predicted molar refractivity (Wildman–Crippen MR) is 46.2 cm³/mol. The highest BCUT2D eigenvalue weighted by atomic mass is 15.1. The number of nitrogens with zero attached hydrogens (tertiary/aromatic N) is 1. The quantitative estimate of drug-likeness (QED) is 0.538. The summed E-state index contributed by atoms with van der Waals surface area (Å²) in [5, 5.41) is 7.76. The zero-order valence-electron chi connectivity index (χ0n) is 6.26. The monoisotopic (exact) mass is 142 g/mol. The van der Waals surface area contributed by atoms with Gasteiger partial charge in [0.25, 0.3) is 0 Å². The van der Waals surface area contributed by atoms with Gasteiger partial charge in [-0.15, -0.1) is 0 Å². The summed E-state index contributed by atoms with van der Waals surface area (Å²) >= 11 is 0. The van der Waals surface area contributed by atoms with Crippen molar-refractivity contribution >= 4 is 24.2 Å². The van der Waals surface area contributed by atoms with Gasteiger partial charge in [-0.1, -0.05) is 17.1 Å². The standard InChI is InChI=1S/C8H7BN2/c1-5-2-3-7-6(8(5)9)4-10-11-7/h2-4H,1H3,(H,10,11). The van der Waals surface area contributed by atoms with Gasteiger partial charge in [0, 0.05) is 5.39 Å². The molecule has 0 atom stereocenters. The maximum absolute atomic E-state index is 5.80. The molecular formula is C8H7BN2. The second kappa shape index (κ2) is 2.12. The summed E-state index contributed by atoms with van der Waals surface area (Å²) in [4.78, 5) is 0. The Morgan fingerprint density at radius 2 is 2.27 bits per heavy atom. The van der Waals surface area contributed by atoms with Gasteiger partial charge in [-0.25, -0.2) is 0 Å². The molecule has 0 unspecified atom stereocenters. The largest absolute Gasteiger partial charge is 0.278 e. The van der Waals surface area contributed by atoms with Crippen LogP contribution in [0.1, 0.15) is 5.56 Å². The normalized spacial score (nSPS) is 10.6. The van der Waals surface area contributed by atoms with E-state index in [1.54, 1.807) is 6.20 Å². The van der Waals surface area contributed by atoms with Crippen LogP contribution in [0.2, 0.25) is 0 Å². The first-order valence-corrected chi connectivity index (χ1v) is 3.47. The van der Waals surface area contributed by atoms with Gasteiger partial charge in [-0.05, 0) is 13.0 Å². The van der Waals surface area contributed by atoms with Crippen molar-refractivity contribution in [2.75, 3.05) is 0 Å². The van der Waals surface area contributed by atoms with Crippen molar-refractivity contribution in [2.24, 2.45) is 0 Å². The van der Waals surface area contributed by atoms with Crippen LogP contribution in [0.5, 0.6) is 0 Å². The second-order valence-electron chi connectivity index (χ2n) is 2.63. The number of benzene rings is 1. The van der Waals surface area contributed by atoms with E-state index in [-0.39, 0.29) is 0 Å². The summed E-state index contributed by atoms with van der Waals surface area (Å²) in [6.07, 6.45) is 1.75. The van der Waals surface area contributed by atoms with E-state index < -0.39 is 0 Å². The van der Waals surface area contributed by atoms with Crippen molar-refractivity contribution in [3.8, 4) is 0 Å². The highest BCUT2D eigenvalue weighted by Crippen LogP contribution is 2.08. The van der Waals surface area contributed by atoms with E-state index in [0.717, 1.165) is 21.9 Å². The van der Waals surface area contributed by atoms with Crippen LogP contribution in [0.25, 0.3) is 10.9 Å². The molecule has 0 aliphatic carbocycles. The maximum atomic E-state index is 5.80. The third-order valence-electron chi connectivity index (χ3n) is 1.88. The van der Waals surface area contributed by atoms with Crippen molar-refractivity contribution < 1.29 is 0 Å². The van der Waals surface area contributed by atoms with Crippen molar-refractivity contribution in [2.45, 2.75) is 6.92 Å². The van der Waals surface area contributed by atoms with Gasteiger partial charge in [0.15, 0.2) is 0 Å². The molecule has 0 saturated carbocycles. The first-order valence-electron chi connectivity index (χ1n) is 3.47. The number of rotatable bonds is 0. The van der Waals surface area contributed by atoms with E-state index in [4.69, 9.17) is 7.85 Å². The fourth-order valence-corrected chi connectivity index (χ4v) is 1.15. The van der Waals surface area contributed by atoms with Crippen LogP contribution in [0, 0.1) is 6.92 Å². The first kappa shape index (κ1) is 6.46. The molecule has 0 amide bonds. The lowest BCUT2D eigenvalue weighted by Gasteiger charge is -1.99. The number of aromatic amines is 1. The van der Waals surface area contributed by atoms with Crippen LogP contribution >= 0.6 is 0 Å². The van der Waals surface area contributed by atoms with Crippen LogP contribution in [0.15, 0.2) is 18.3 Å². The fraction of sp³-hybridized carbons (Fsp3) is 0.125. The molecule has 1 aromatic heterocycles. The van der Waals surface area contributed by atoms with E-state index in [2.05, 4.69) is 10.2 Å². The third kappa shape index (κ3) is 0.844. The topological polar surface area (TPSA) is 28.7 Å². The molecule has 0 spiro atoms.